The molecule has 1 saturated heterocycles. The van der Waals surface area contributed by atoms with Crippen LogP contribution in [-0.4, -0.2) is 38.0 Å². The third kappa shape index (κ3) is 2.22. The van der Waals surface area contributed by atoms with Crippen molar-refractivity contribution < 1.29 is 0 Å². The van der Waals surface area contributed by atoms with Gasteiger partial charge in [-0.25, -0.2) is 9.97 Å². The van der Waals surface area contributed by atoms with E-state index in [1.54, 1.807) is 17.5 Å². The molecule has 1 aliphatic heterocycles. The summed E-state index contributed by atoms with van der Waals surface area (Å²) in [5.41, 5.74) is 1.85. The standard InChI is InChI=1S/C16H18N6S/c1-9-8-22-14(6-19-16(22)23-9)13-5-17-7-15(21-13)20-12-3-10-2-11(12)18-4-10/h5-8,10-12,18H,2-4H2,1H3,(H,20,21)/t10?,11?,12-/m1/s1. The van der Waals surface area contributed by atoms with Crippen molar-refractivity contribution in [2.45, 2.75) is 31.8 Å². The monoisotopic (exact) mass is 326 g/mol. The molecule has 2 unspecified atom stereocenters. The van der Waals surface area contributed by atoms with Gasteiger partial charge in [0.1, 0.15) is 11.5 Å². The highest BCUT2D eigenvalue weighted by Crippen LogP contribution is 2.33. The van der Waals surface area contributed by atoms with Crippen LogP contribution in [0.25, 0.3) is 16.3 Å². The minimum Gasteiger partial charge on any atom is -0.364 e. The number of imidazole rings is 1. The molecule has 2 bridgehead atoms. The fourth-order valence-corrected chi connectivity index (χ4v) is 4.65. The van der Waals surface area contributed by atoms with Crippen LogP contribution in [0.5, 0.6) is 0 Å². The first kappa shape index (κ1) is 13.4. The van der Waals surface area contributed by atoms with Gasteiger partial charge in [0.15, 0.2) is 4.96 Å². The minimum atomic E-state index is 0.465. The molecule has 1 saturated carbocycles. The van der Waals surface area contributed by atoms with E-state index in [-0.39, 0.29) is 0 Å². The van der Waals surface area contributed by atoms with Crippen molar-refractivity contribution in [1.29, 1.82) is 0 Å². The Morgan fingerprint density at radius 2 is 2.26 bits per heavy atom. The molecule has 0 spiro atoms. The van der Waals surface area contributed by atoms with E-state index in [0.29, 0.717) is 12.1 Å². The van der Waals surface area contributed by atoms with E-state index in [4.69, 9.17) is 4.98 Å². The Bertz CT molecular complexity index is 868. The zero-order valence-electron chi connectivity index (χ0n) is 12.9. The number of anilines is 1. The largest absolute Gasteiger partial charge is 0.364 e. The summed E-state index contributed by atoms with van der Waals surface area (Å²) in [4.78, 5) is 15.8. The van der Waals surface area contributed by atoms with Gasteiger partial charge >= 0.3 is 0 Å². The zero-order valence-corrected chi connectivity index (χ0v) is 13.7. The molecule has 0 aromatic carbocycles. The molecule has 3 aromatic heterocycles. The number of thiazole rings is 1. The summed E-state index contributed by atoms with van der Waals surface area (Å²) in [6.07, 6.45) is 10.1. The van der Waals surface area contributed by atoms with E-state index >= 15 is 0 Å². The molecular formula is C16H18N6S. The molecule has 2 N–H and O–H groups in total. The lowest BCUT2D eigenvalue weighted by Crippen LogP contribution is -2.41. The second kappa shape index (κ2) is 5.01. The zero-order chi connectivity index (χ0) is 15.4. The summed E-state index contributed by atoms with van der Waals surface area (Å²) < 4.78 is 2.09. The summed E-state index contributed by atoms with van der Waals surface area (Å²) >= 11 is 1.69. The van der Waals surface area contributed by atoms with Gasteiger partial charge < -0.3 is 10.6 Å². The summed E-state index contributed by atoms with van der Waals surface area (Å²) in [6.45, 7) is 3.26. The maximum Gasteiger partial charge on any atom is 0.194 e. The van der Waals surface area contributed by atoms with Crippen molar-refractivity contribution in [2.75, 3.05) is 11.9 Å². The second-order valence-corrected chi connectivity index (χ2v) is 7.74. The van der Waals surface area contributed by atoms with Crippen LogP contribution in [0.15, 0.2) is 24.8 Å². The van der Waals surface area contributed by atoms with Crippen LogP contribution in [0, 0.1) is 12.8 Å². The van der Waals surface area contributed by atoms with Gasteiger partial charge in [0, 0.05) is 23.2 Å². The van der Waals surface area contributed by atoms with Crippen molar-refractivity contribution in [3.8, 4) is 11.4 Å². The van der Waals surface area contributed by atoms with Gasteiger partial charge in [-0.15, -0.1) is 11.3 Å². The number of piperidine rings is 1. The fourth-order valence-electron chi connectivity index (χ4n) is 3.85. The predicted molar refractivity (Wildman–Crippen MR) is 90.8 cm³/mol. The normalized spacial score (nSPS) is 26.2. The molecule has 2 fully saturated rings. The van der Waals surface area contributed by atoms with E-state index in [9.17, 15) is 0 Å². The number of nitrogens with zero attached hydrogens (tertiary/aromatic N) is 4. The van der Waals surface area contributed by atoms with Gasteiger partial charge in [-0.2, -0.15) is 0 Å². The molecule has 0 amide bonds. The van der Waals surface area contributed by atoms with Gasteiger partial charge in [-0.05, 0) is 32.2 Å². The van der Waals surface area contributed by atoms with Crippen LogP contribution < -0.4 is 10.6 Å². The third-order valence-electron chi connectivity index (χ3n) is 4.89. The molecule has 2 aliphatic rings. The molecular weight excluding hydrogens is 308 g/mol. The number of aromatic nitrogens is 4. The lowest BCUT2D eigenvalue weighted by atomic mass is 10.1. The molecule has 0 radical (unpaired) electrons. The summed E-state index contributed by atoms with van der Waals surface area (Å²) in [6, 6.07) is 1.04. The van der Waals surface area contributed by atoms with Crippen LogP contribution in [0.1, 0.15) is 17.7 Å². The molecule has 6 nitrogen and oxygen atoms in total. The van der Waals surface area contributed by atoms with Gasteiger partial charge in [0.25, 0.3) is 0 Å². The topological polar surface area (TPSA) is 67.1 Å². The third-order valence-corrected chi connectivity index (χ3v) is 5.80. The smallest absolute Gasteiger partial charge is 0.194 e. The van der Waals surface area contributed by atoms with Crippen molar-refractivity contribution in [3.05, 3.63) is 29.7 Å². The van der Waals surface area contributed by atoms with E-state index in [0.717, 1.165) is 28.1 Å². The molecule has 3 atom stereocenters. The molecule has 23 heavy (non-hydrogen) atoms. The molecule has 118 valence electrons. The average molecular weight is 326 g/mol. The van der Waals surface area contributed by atoms with Crippen LogP contribution >= 0.6 is 11.3 Å². The SMILES string of the molecule is Cc1cn2c(-c3cncc(N[C@@H]4CC5CNC4C5)n3)cnc2s1. The quantitative estimate of drug-likeness (QED) is 0.773. The lowest BCUT2D eigenvalue weighted by molar-refractivity contribution is 0.465. The first-order chi connectivity index (χ1) is 11.3. The van der Waals surface area contributed by atoms with E-state index in [2.05, 4.69) is 38.1 Å². The molecule has 1 aliphatic carbocycles. The number of fused-ring (bicyclic) bond motifs is 3. The van der Waals surface area contributed by atoms with E-state index in [1.165, 1.54) is 24.3 Å². The minimum absolute atomic E-state index is 0.465. The maximum absolute atomic E-state index is 4.76. The Balaban J connectivity index is 1.45. The van der Waals surface area contributed by atoms with E-state index < -0.39 is 0 Å². The first-order valence-electron chi connectivity index (χ1n) is 8.02. The number of nitrogens with one attached hydrogen (secondary N) is 2. The second-order valence-electron chi connectivity index (χ2n) is 6.53. The number of rotatable bonds is 3. The van der Waals surface area contributed by atoms with E-state index in [1.807, 2.05) is 12.4 Å². The van der Waals surface area contributed by atoms with Crippen LogP contribution in [0.2, 0.25) is 0 Å². The molecule has 5 rings (SSSR count). The Kier molecular flexibility index (Phi) is 2.93. The summed E-state index contributed by atoms with van der Waals surface area (Å²) in [5, 5.41) is 7.14. The Hall–Kier alpha value is -1.99. The maximum atomic E-state index is 4.76. The Labute approximate surface area is 138 Å². The van der Waals surface area contributed by atoms with Crippen LogP contribution in [0.4, 0.5) is 5.82 Å². The summed E-state index contributed by atoms with van der Waals surface area (Å²) in [7, 11) is 0. The predicted octanol–water partition coefficient (Wildman–Crippen LogP) is 2.32. The average Bonchev–Trinajstić information content (AvgIpc) is 3.28. The molecule has 7 heteroatoms. The van der Waals surface area contributed by atoms with Gasteiger partial charge in [0.05, 0.1) is 24.3 Å². The van der Waals surface area contributed by atoms with Gasteiger partial charge in [0.2, 0.25) is 0 Å². The lowest BCUT2D eigenvalue weighted by Gasteiger charge is -2.24. The number of aryl methyl sites for hydroxylation is 1. The highest BCUT2D eigenvalue weighted by molar-refractivity contribution is 7.17. The first-order valence-corrected chi connectivity index (χ1v) is 8.84. The highest BCUT2D eigenvalue weighted by Gasteiger charge is 2.39. The van der Waals surface area contributed by atoms with Gasteiger partial charge in [-0.3, -0.25) is 9.38 Å². The van der Waals surface area contributed by atoms with Crippen molar-refractivity contribution >= 4 is 22.1 Å². The summed E-state index contributed by atoms with van der Waals surface area (Å²) in [5.74, 6) is 1.67. The van der Waals surface area contributed by atoms with Crippen LogP contribution in [-0.2, 0) is 0 Å². The number of hydrogen-bond donors (Lipinski definition) is 2. The Morgan fingerprint density at radius 3 is 3.09 bits per heavy atom. The molecule has 4 heterocycles. The highest BCUT2D eigenvalue weighted by atomic mass is 32.1. The van der Waals surface area contributed by atoms with Crippen molar-refractivity contribution in [1.82, 2.24) is 24.7 Å². The van der Waals surface area contributed by atoms with Crippen molar-refractivity contribution in [3.63, 3.8) is 0 Å². The fraction of sp³-hybridized carbons (Fsp3) is 0.438. The number of hydrogen-bond acceptors (Lipinski definition) is 6. The molecule has 3 aromatic rings. The van der Waals surface area contributed by atoms with Crippen molar-refractivity contribution in [2.24, 2.45) is 5.92 Å². The Morgan fingerprint density at radius 1 is 1.30 bits per heavy atom. The van der Waals surface area contributed by atoms with Crippen LogP contribution in [0.3, 0.4) is 0 Å². The van der Waals surface area contributed by atoms with Gasteiger partial charge in [-0.1, -0.05) is 0 Å².